The van der Waals surface area contributed by atoms with Gasteiger partial charge in [-0.05, 0) is 51.4 Å². The van der Waals surface area contributed by atoms with Gasteiger partial charge in [-0.2, -0.15) is 0 Å². The Hall–Kier alpha value is -1.14. The fourth-order valence-corrected chi connectivity index (χ4v) is 5.61. The van der Waals surface area contributed by atoms with E-state index in [-0.39, 0.29) is 11.9 Å². The molecule has 6 heteroatoms. The molecule has 6 nitrogen and oxygen atoms in total. The highest BCUT2D eigenvalue weighted by atomic mass is 16.2. The first kappa shape index (κ1) is 19.2. The first-order chi connectivity index (χ1) is 13.1. The molecule has 1 N–H and O–H groups in total. The Balaban J connectivity index is 1.23. The van der Waals surface area contributed by atoms with Crippen molar-refractivity contribution in [2.45, 2.75) is 76.4 Å². The topological polar surface area (TPSA) is 55.9 Å². The zero-order valence-electron chi connectivity index (χ0n) is 16.9. The van der Waals surface area contributed by atoms with Gasteiger partial charge < -0.3 is 15.1 Å². The molecule has 0 aromatic rings. The minimum Gasteiger partial charge on any atom is -0.339 e. The standard InChI is InChI=1S/C21H36N4O2/c1-16-6-4-5-9-25(16)20(26)15-23-10-12-24(13-11-23)21(27)19-14-17-7-2-3-8-18(17)22-19/h16-19,22H,2-15H2,1H3. The van der Waals surface area contributed by atoms with Crippen LogP contribution in [0.1, 0.15) is 58.3 Å². The van der Waals surface area contributed by atoms with Crippen molar-refractivity contribution in [3.05, 3.63) is 0 Å². The van der Waals surface area contributed by atoms with Gasteiger partial charge in [0.25, 0.3) is 0 Å². The van der Waals surface area contributed by atoms with E-state index in [0.717, 1.165) is 52.0 Å². The number of nitrogens with zero attached hydrogens (tertiary/aromatic N) is 3. The summed E-state index contributed by atoms with van der Waals surface area (Å²) >= 11 is 0. The lowest BCUT2D eigenvalue weighted by Crippen LogP contribution is -2.55. The molecule has 4 atom stereocenters. The molecule has 27 heavy (non-hydrogen) atoms. The molecule has 3 aliphatic heterocycles. The molecule has 0 bridgehead atoms. The van der Waals surface area contributed by atoms with Gasteiger partial charge in [-0.15, -0.1) is 0 Å². The van der Waals surface area contributed by atoms with Crippen molar-refractivity contribution in [3.8, 4) is 0 Å². The lowest BCUT2D eigenvalue weighted by atomic mass is 9.85. The Morgan fingerprint density at radius 2 is 1.67 bits per heavy atom. The predicted molar refractivity (Wildman–Crippen MR) is 105 cm³/mol. The Bertz CT molecular complexity index is 532. The van der Waals surface area contributed by atoms with Crippen LogP contribution in [-0.2, 0) is 9.59 Å². The maximum Gasteiger partial charge on any atom is 0.239 e. The van der Waals surface area contributed by atoms with Gasteiger partial charge in [-0.25, -0.2) is 0 Å². The number of rotatable bonds is 3. The Labute approximate surface area is 163 Å². The van der Waals surface area contributed by atoms with Gasteiger partial charge in [0.05, 0.1) is 12.6 Å². The van der Waals surface area contributed by atoms with Crippen LogP contribution < -0.4 is 5.32 Å². The number of piperidine rings is 1. The average Bonchev–Trinajstić information content (AvgIpc) is 3.12. The lowest BCUT2D eigenvalue weighted by molar-refractivity contribution is -0.138. The first-order valence-corrected chi connectivity index (χ1v) is 11.2. The number of hydrogen-bond acceptors (Lipinski definition) is 4. The minimum absolute atomic E-state index is 0.0282. The van der Waals surface area contributed by atoms with Gasteiger partial charge in [0.2, 0.25) is 11.8 Å². The predicted octanol–water partition coefficient (Wildman–Crippen LogP) is 1.45. The molecule has 3 saturated heterocycles. The smallest absolute Gasteiger partial charge is 0.239 e. The second-order valence-electron chi connectivity index (χ2n) is 9.14. The molecule has 0 aromatic carbocycles. The third kappa shape index (κ3) is 4.32. The zero-order valence-corrected chi connectivity index (χ0v) is 16.9. The summed E-state index contributed by atoms with van der Waals surface area (Å²) in [5.41, 5.74) is 0. The maximum atomic E-state index is 12.9. The molecule has 3 heterocycles. The van der Waals surface area contributed by atoms with Gasteiger partial charge >= 0.3 is 0 Å². The van der Waals surface area contributed by atoms with Crippen LogP contribution in [-0.4, -0.2) is 83.9 Å². The lowest BCUT2D eigenvalue weighted by Gasteiger charge is -2.38. The van der Waals surface area contributed by atoms with Gasteiger partial charge in [0, 0.05) is 44.8 Å². The normalized spacial score (nSPS) is 35.1. The highest BCUT2D eigenvalue weighted by molar-refractivity contribution is 5.82. The Morgan fingerprint density at radius 3 is 2.41 bits per heavy atom. The van der Waals surface area contributed by atoms with E-state index in [4.69, 9.17) is 0 Å². The third-order valence-corrected chi connectivity index (χ3v) is 7.33. The fraction of sp³-hybridized carbons (Fsp3) is 0.905. The van der Waals surface area contributed by atoms with E-state index < -0.39 is 0 Å². The highest BCUT2D eigenvalue weighted by Crippen LogP contribution is 2.33. The quantitative estimate of drug-likeness (QED) is 0.810. The van der Waals surface area contributed by atoms with E-state index in [1.54, 1.807) is 0 Å². The number of hydrogen-bond donors (Lipinski definition) is 1. The van der Waals surface area contributed by atoms with Crippen molar-refractivity contribution >= 4 is 11.8 Å². The van der Waals surface area contributed by atoms with Crippen LogP contribution >= 0.6 is 0 Å². The number of carbonyl (C=O) groups excluding carboxylic acids is 2. The van der Waals surface area contributed by atoms with E-state index >= 15 is 0 Å². The van der Waals surface area contributed by atoms with Crippen LogP contribution in [0, 0.1) is 5.92 Å². The van der Waals surface area contributed by atoms with Crippen LogP contribution in [0.4, 0.5) is 0 Å². The summed E-state index contributed by atoms with van der Waals surface area (Å²) in [5.74, 6) is 1.27. The van der Waals surface area contributed by atoms with Crippen molar-refractivity contribution in [1.82, 2.24) is 20.0 Å². The summed E-state index contributed by atoms with van der Waals surface area (Å²) in [7, 11) is 0. The van der Waals surface area contributed by atoms with Crippen molar-refractivity contribution in [2.24, 2.45) is 5.92 Å². The van der Waals surface area contributed by atoms with Gasteiger partial charge in [0.1, 0.15) is 0 Å². The molecule has 152 valence electrons. The number of piperazine rings is 1. The molecule has 1 saturated carbocycles. The molecule has 4 unspecified atom stereocenters. The Morgan fingerprint density at radius 1 is 0.926 bits per heavy atom. The van der Waals surface area contributed by atoms with Crippen molar-refractivity contribution in [3.63, 3.8) is 0 Å². The minimum atomic E-state index is 0.0282. The summed E-state index contributed by atoms with van der Waals surface area (Å²) in [6.45, 7) is 6.75. The molecule has 4 aliphatic rings. The van der Waals surface area contributed by atoms with Crippen molar-refractivity contribution < 1.29 is 9.59 Å². The number of likely N-dealkylation sites (tertiary alicyclic amines) is 1. The van der Waals surface area contributed by atoms with Gasteiger partial charge in [0.15, 0.2) is 0 Å². The second kappa shape index (κ2) is 8.48. The highest BCUT2D eigenvalue weighted by Gasteiger charge is 2.40. The summed E-state index contributed by atoms with van der Waals surface area (Å²) in [4.78, 5) is 31.9. The molecule has 0 radical (unpaired) electrons. The molecule has 2 amide bonds. The van der Waals surface area contributed by atoms with E-state index in [1.165, 1.54) is 32.1 Å². The number of fused-ring (bicyclic) bond motifs is 1. The van der Waals surface area contributed by atoms with E-state index in [0.29, 0.717) is 30.5 Å². The van der Waals surface area contributed by atoms with Crippen molar-refractivity contribution in [1.29, 1.82) is 0 Å². The van der Waals surface area contributed by atoms with Crippen LogP contribution in [0.15, 0.2) is 0 Å². The first-order valence-electron chi connectivity index (χ1n) is 11.2. The van der Waals surface area contributed by atoms with E-state index in [1.807, 2.05) is 4.90 Å². The van der Waals surface area contributed by atoms with Crippen LogP contribution in [0.3, 0.4) is 0 Å². The van der Waals surface area contributed by atoms with Gasteiger partial charge in [-0.1, -0.05) is 12.8 Å². The fourth-order valence-electron chi connectivity index (χ4n) is 5.61. The summed E-state index contributed by atoms with van der Waals surface area (Å²) in [5, 5.41) is 3.62. The molecular formula is C21H36N4O2. The maximum absolute atomic E-state index is 12.9. The average molecular weight is 377 g/mol. The zero-order chi connectivity index (χ0) is 18.8. The van der Waals surface area contributed by atoms with Crippen molar-refractivity contribution in [2.75, 3.05) is 39.3 Å². The van der Waals surface area contributed by atoms with Gasteiger partial charge in [-0.3, -0.25) is 14.5 Å². The Kier molecular flexibility index (Phi) is 6.02. The third-order valence-electron chi connectivity index (χ3n) is 7.33. The SMILES string of the molecule is CC1CCCCN1C(=O)CN1CCN(C(=O)C2CC3CCCCC3N2)CC1. The molecule has 0 aromatic heterocycles. The number of amides is 2. The van der Waals surface area contributed by atoms with Crippen LogP contribution in [0.2, 0.25) is 0 Å². The largest absolute Gasteiger partial charge is 0.339 e. The summed E-state index contributed by atoms with van der Waals surface area (Å²) in [6, 6.07) is 0.977. The summed E-state index contributed by atoms with van der Waals surface area (Å²) in [6.07, 6.45) is 9.67. The van der Waals surface area contributed by atoms with E-state index in [9.17, 15) is 9.59 Å². The second-order valence-corrected chi connectivity index (χ2v) is 9.14. The van der Waals surface area contributed by atoms with Crippen LogP contribution in [0.25, 0.3) is 0 Å². The molecule has 0 spiro atoms. The molecular weight excluding hydrogens is 340 g/mol. The molecule has 4 fully saturated rings. The van der Waals surface area contributed by atoms with Crippen LogP contribution in [0.5, 0.6) is 0 Å². The monoisotopic (exact) mass is 376 g/mol. The molecule has 1 aliphatic carbocycles. The number of carbonyl (C=O) groups is 2. The van der Waals surface area contributed by atoms with E-state index in [2.05, 4.69) is 22.0 Å². The molecule has 4 rings (SSSR count). The number of nitrogens with one attached hydrogen (secondary N) is 1. The summed E-state index contributed by atoms with van der Waals surface area (Å²) < 4.78 is 0.